The second-order valence-corrected chi connectivity index (χ2v) is 13.7. The Labute approximate surface area is 223 Å². The third-order valence-corrected chi connectivity index (χ3v) is 10.5. The number of hydrogen-bond acceptors (Lipinski definition) is 8. The maximum atomic E-state index is 14.0. The summed E-state index contributed by atoms with van der Waals surface area (Å²) in [6, 6.07) is 1.31. The molecule has 0 aromatic carbocycles. The molecule has 38 heavy (non-hydrogen) atoms. The van der Waals surface area contributed by atoms with Crippen molar-refractivity contribution in [2.24, 2.45) is 11.8 Å². The minimum Gasteiger partial charge on any atom is -0.396 e. The lowest BCUT2D eigenvalue weighted by atomic mass is 9.81. The number of sulfonamides is 1. The van der Waals surface area contributed by atoms with Gasteiger partial charge in [0.1, 0.15) is 5.56 Å². The number of aromatic nitrogens is 2. The number of piperidine rings is 1. The fraction of sp³-hybridized carbons (Fsp3) is 0.625. The van der Waals surface area contributed by atoms with E-state index in [2.05, 4.69) is 15.3 Å². The first-order valence-electron chi connectivity index (χ1n) is 12.5. The third kappa shape index (κ3) is 4.48. The Morgan fingerprint density at radius 1 is 1.29 bits per heavy atom. The largest absolute Gasteiger partial charge is 0.420 e. The smallest absolute Gasteiger partial charge is 0.396 e. The van der Waals surface area contributed by atoms with Crippen LogP contribution < -0.4 is 5.32 Å². The van der Waals surface area contributed by atoms with Gasteiger partial charge in [-0.3, -0.25) is 4.79 Å². The van der Waals surface area contributed by atoms with Crippen molar-refractivity contribution in [2.75, 3.05) is 37.8 Å². The minimum absolute atomic E-state index is 0.00161. The minimum atomic E-state index is -4.70. The Balaban J connectivity index is 1.49. The summed E-state index contributed by atoms with van der Waals surface area (Å²) in [5.74, 6) is -0.300. The van der Waals surface area contributed by atoms with Gasteiger partial charge in [0.25, 0.3) is 5.91 Å². The van der Waals surface area contributed by atoms with E-state index in [9.17, 15) is 31.5 Å². The number of carbonyl (C=O) groups excluding carboxylic acids is 1. The van der Waals surface area contributed by atoms with E-state index in [1.165, 1.54) is 10.4 Å². The van der Waals surface area contributed by atoms with Crippen molar-refractivity contribution in [1.82, 2.24) is 19.2 Å². The number of carbonyl (C=O) groups is 1. The molecule has 208 valence electrons. The van der Waals surface area contributed by atoms with E-state index in [0.717, 1.165) is 28.7 Å². The lowest BCUT2D eigenvalue weighted by Crippen LogP contribution is -2.42. The van der Waals surface area contributed by atoms with E-state index in [1.54, 1.807) is 4.90 Å². The van der Waals surface area contributed by atoms with Crippen LogP contribution in [0.3, 0.4) is 0 Å². The highest BCUT2D eigenvalue weighted by molar-refractivity contribution is 7.88. The number of rotatable bonds is 6. The first-order chi connectivity index (χ1) is 17.8. The highest BCUT2D eigenvalue weighted by atomic mass is 32.2. The van der Waals surface area contributed by atoms with Crippen LogP contribution >= 0.6 is 11.3 Å². The van der Waals surface area contributed by atoms with Gasteiger partial charge in [-0.15, -0.1) is 11.3 Å². The maximum Gasteiger partial charge on any atom is 0.420 e. The number of nitrogens with zero attached hydrogens (tertiary/aromatic N) is 4. The van der Waals surface area contributed by atoms with E-state index < -0.39 is 27.3 Å². The predicted octanol–water partition coefficient (Wildman–Crippen LogP) is 3.38. The highest BCUT2D eigenvalue weighted by Gasteiger charge is 2.58. The van der Waals surface area contributed by atoms with Crippen molar-refractivity contribution in [1.29, 1.82) is 0 Å². The van der Waals surface area contributed by atoms with E-state index in [1.807, 2.05) is 13.8 Å². The predicted molar refractivity (Wildman–Crippen MR) is 136 cm³/mol. The summed E-state index contributed by atoms with van der Waals surface area (Å²) < 4.78 is 67.0. The van der Waals surface area contributed by atoms with Crippen molar-refractivity contribution in [2.45, 2.75) is 50.9 Å². The third-order valence-electron chi connectivity index (χ3n) is 7.92. The van der Waals surface area contributed by atoms with Gasteiger partial charge in [0.15, 0.2) is 0 Å². The number of anilines is 1. The lowest BCUT2D eigenvalue weighted by Gasteiger charge is -2.36. The van der Waals surface area contributed by atoms with Crippen molar-refractivity contribution in [3.63, 3.8) is 0 Å². The van der Waals surface area contributed by atoms with Crippen LogP contribution in [0, 0.1) is 11.8 Å². The van der Waals surface area contributed by atoms with Crippen molar-refractivity contribution < 1.29 is 31.5 Å². The van der Waals surface area contributed by atoms with Gasteiger partial charge >= 0.3 is 6.18 Å². The van der Waals surface area contributed by atoms with Crippen LogP contribution in [0.1, 0.15) is 53.9 Å². The molecule has 3 aliphatic heterocycles. The fourth-order valence-corrected chi connectivity index (χ4v) is 8.33. The average molecular weight is 574 g/mol. The number of halogens is 3. The molecule has 2 fully saturated rings. The number of amides is 1. The second kappa shape index (κ2) is 9.42. The Hall–Kier alpha value is -2.29. The molecule has 1 amide bonds. The van der Waals surface area contributed by atoms with E-state index in [0.29, 0.717) is 44.5 Å². The quantitative estimate of drug-likeness (QED) is 0.545. The Morgan fingerprint density at radius 2 is 1.97 bits per heavy atom. The molecule has 0 radical (unpaired) electrons. The summed E-state index contributed by atoms with van der Waals surface area (Å²) in [5.41, 5.74) is -1.55. The zero-order chi connectivity index (χ0) is 27.6. The summed E-state index contributed by atoms with van der Waals surface area (Å²) in [6.07, 6.45) is -1.32. The number of fused-ring (bicyclic) bond motifs is 3. The normalized spacial score (nSPS) is 24.8. The fourth-order valence-electron chi connectivity index (χ4n) is 5.94. The molecule has 5 rings (SSSR count). The molecule has 2 saturated heterocycles. The molecule has 3 aliphatic rings. The number of aliphatic hydroxyl groups excluding tert-OH is 1. The average Bonchev–Trinajstić information content (AvgIpc) is 3.50. The van der Waals surface area contributed by atoms with Gasteiger partial charge in [-0.05, 0) is 31.2 Å². The molecule has 0 saturated carbocycles. The molecule has 2 aromatic heterocycles. The first-order valence-corrected chi connectivity index (χ1v) is 15.2. The van der Waals surface area contributed by atoms with Gasteiger partial charge in [0.2, 0.25) is 16.0 Å². The number of nitrogens with one attached hydrogen (secondary N) is 1. The summed E-state index contributed by atoms with van der Waals surface area (Å²) in [4.78, 5) is 24.2. The second-order valence-electron chi connectivity index (χ2n) is 10.6. The van der Waals surface area contributed by atoms with Crippen LogP contribution in [-0.2, 0) is 21.7 Å². The molecule has 2 atom stereocenters. The monoisotopic (exact) mass is 573 g/mol. The number of thiophene rings is 1. The first kappa shape index (κ1) is 27.3. The summed E-state index contributed by atoms with van der Waals surface area (Å²) in [7, 11) is -3.31. The molecule has 2 N–H and O–H groups in total. The molecule has 5 heterocycles. The molecular weight excluding hydrogens is 543 g/mol. The summed E-state index contributed by atoms with van der Waals surface area (Å²) in [6.45, 7) is 4.92. The van der Waals surface area contributed by atoms with Gasteiger partial charge in [-0.2, -0.15) is 13.2 Å². The molecule has 9 nitrogen and oxygen atoms in total. The number of alkyl halides is 3. The molecule has 0 spiro atoms. The Bertz CT molecular complexity index is 1360. The molecular formula is C24H30F3N5O4S2. The van der Waals surface area contributed by atoms with E-state index in [4.69, 9.17) is 0 Å². The standard InChI is InChI=1S/C24H30F3N5O4S2/c1-13(2)23-9-14(12-33)11-32(23)21(34)16-8-18(37-20(16)23)19-17(24(25,26)27)10-28-22(30-19)29-15-4-6-31(7-5-15)38(3,35)36/h8,10,13-15,33H,4-7,9,11-12H2,1-3H3,(H,28,29,30). The molecule has 2 aromatic rings. The highest BCUT2D eigenvalue weighted by Crippen LogP contribution is 2.56. The Kier molecular flexibility index (Phi) is 6.76. The number of aliphatic hydroxyl groups is 1. The van der Waals surface area contributed by atoms with Gasteiger partial charge < -0.3 is 15.3 Å². The van der Waals surface area contributed by atoms with Crippen molar-refractivity contribution >= 4 is 33.2 Å². The van der Waals surface area contributed by atoms with Gasteiger partial charge in [0.05, 0.1) is 27.9 Å². The van der Waals surface area contributed by atoms with Crippen LogP contribution in [0.15, 0.2) is 12.3 Å². The molecule has 2 unspecified atom stereocenters. The summed E-state index contributed by atoms with van der Waals surface area (Å²) in [5, 5.41) is 12.8. The zero-order valence-electron chi connectivity index (χ0n) is 21.2. The topological polar surface area (TPSA) is 116 Å². The van der Waals surface area contributed by atoms with Crippen LogP contribution in [0.5, 0.6) is 0 Å². The van der Waals surface area contributed by atoms with Crippen molar-refractivity contribution in [3.8, 4) is 10.6 Å². The van der Waals surface area contributed by atoms with Crippen LogP contribution in [0.25, 0.3) is 10.6 Å². The van der Waals surface area contributed by atoms with Gasteiger partial charge in [0, 0.05) is 49.3 Å². The van der Waals surface area contributed by atoms with Gasteiger partial charge in [-0.1, -0.05) is 13.8 Å². The lowest BCUT2D eigenvalue weighted by molar-refractivity contribution is -0.137. The van der Waals surface area contributed by atoms with Crippen LogP contribution in [-0.4, -0.2) is 77.1 Å². The molecule has 0 aliphatic carbocycles. The number of hydrogen-bond donors (Lipinski definition) is 2. The van der Waals surface area contributed by atoms with Gasteiger partial charge in [-0.25, -0.2) is 22.7 Å². The van der Waals surface area contributed by atoms with Crippen LogP contribution in [0.2, 0.25) is 0 Å². The Morgan fingerprint density at radius 3 is 2.55 bits per heavy atom. The van der Waals surface area contributed by atoms with E-state index in [-0.39, 0.29) is 46.9 Å². The molecule has 14 heteroatoms. The van der Waals surface area contributed by atoms with Crippen LogP contribution in [0.4, 0.5) is 19.1 Å². The maximum absolute atomic E-state index is 14.0. The van der Waals surface area contributed by atoms with Crippen molar-refractivity contribution in [3.05, 3.63) is 28.3 Å². The summed E-state index contributed by atoms with van der Waals surface area (Å²) >= 11 is 1.15. The SMILES string of the molecule is CC(C)C12CC(CO)CN1C(=O)c1cc(-c3nc(NC4CCN(S(C)(=O)=O)CC4)ncc3C(F)(F)F)sc12. The molecule has 0 bridgehead atoms. The zero-order valence-corrected chi connectivity index (χ0v) is 22.9. The van der Waals surface area contributed by atoms with E-state index >= 15 is 0 Å².